The van der Waals surface area contributed by atoms with Gasteiger partial charge in [0, 0.05) is 6.54 Å². The van der Waals surface area contributed by atoms with Crippen LogP contribution in [0.2, 0.25) is 0 Å². The molecule has 0 saturated carbocycles. The maximum absolute atomic E-state index is 10.2. The quantitative estimate of drug-likeness (QED) is 0.147. The summed E-state index contributed by atoms with van der Waals surface area (Å²) in [5.74, 6) is 0. The van der Waals surface area contributed by atoms with Crippen molar-refractivity contribution in [3.8, 4) is 0 Å². The molecule has 1 aromatic heterocycles. The number of hydrogen-bond acceptors (Lipinski definition) is 8. The van der Waals surface area contributed by atoms with E-state index in [1.54, 1.807) is 10.9 Å². The van der Waals surface area contributed by atoms with Crippen molar-refractivity contribution in [2.45, 2.75) is 56.7 Å². The van der Waals surface area contributed by atoms with Crippen molar-refractivity contribution >= 4 is 23.2 Å². The summed E-state index contributed by atoms with van der Waals surface area (Å²) in [6.45, 7) is 0.169. The van der Waals surface area contributed by atoms with E-state index in [1.807, 2.05) is 0 Å². The zero-order valence-corrected chi connectivity index (χ0v) is 23.7. The molecule has 2 heterocycles. The number of ether oxygens (including phenoxy) is 2. The summed E-state index contributed by atoms with van der Waals surface area (Å²) in [6.07, 6.45) is -1.89. The summed E-state index contributed by atoms with van der Waals surface area (Å²) in [5.41, 5.74) is 0.543. The molecule has 1 fully saturated rings. The Labute approximate surface area is 240 Å². The molecule has 1 aliphatic rings. The van der Waals surface area contributed by atoms with E-state index in [-0.39, 0.29) is 6.61 Å². The molecular formula is C31H37N3O6P+. The van der Waals surface area contributed by atoms with E-state index < -0.39 is 44.6 Å². The second-order valence-electron chi connectivity index (χ2n) is 10.2. The third kappa shape index (κ3) is 6.58. The second kappa shape index (κ2) is 13.8. The molecule has 0 bridgehead atoms. The molecular weight excluding hydrogens is 541 g/mol. The predicted molar refractivity (Wildman–Crippen MR) is 158 cm³/mol. The first-order valence-electron chi connectivity index (χ1n) is 13.9. The van der Waals surface area contributed by atoms with Crippen LogP contribution in [0.3, 0.4) is 0 Å². The van der Waals surface area contributed by atoms with Crippen molar-refractivity contribution < 1.29 is 29.9 Å². The van der Waals surface area contributed by atoms with Gasteiger partial charge < -0.3 is 29.9 Å². The minimum absolute atomic E-state index is 0.00659. The molecule has 9 nitrogen and oxygen atoms in total. The lowest BCUT2D eigenvalue weighted by Gasteiger charge is -2.39. The summed E-state index contributed by atoms with van der Waals surface area (Å²) >= 11 is 0. The zero-order chi connectivity index (χ0) is 28.7. The van der Waals surface area contributed by atoms with Crippen LogP contribution in [0.4, 0.5) is 0 Å². The third-order valence-electron chi connectivity index (χ3n) is 7.55. The van der Waals surface area contributed by atoms with Gasteiger partial charge in [0.1, 0.15) is 53.3 Å². The number of unbranched alkanes of at least 4 members (excludes halogenated alkanes) is 1. The highest BCUT2D eigenvalue weighted by atomic mass is 31.2. The van der Waals surface area contributed by atoms with Gasteiger partial charge in [0.05, 0.1) is 25.6 Å². The number of benzene rings is 3. The molecule has 3 aromatic carbocycles. The van der Waals surface area contributed by atoms with Gasteiger partial charge in [-0.15, -0.1) is 5.10 Å². The van der Waals surface area contributed by atoms with E-state index in [4.69, 9.17) is 9.47 Å². The van der Waals surface area contributed by atoms with Crippen molar-refractivity contribution in [3.05, 3.63) is 103 Å². The lowest BCUT2D eigenvalue weighted by atomic mass is 9.99. The SMILES string of the molecule is OC[C@H]1O[C@H](OCc2cn(CCCC[P+](c3ccccc3)(c3ccccc3)c3ccccc3)nn2)[C@@H](O)[C@@H](O)[C@@H]1O. The standard InChI is InChI=1S/C31H37N3O6P/c35-21-27-28(36)29(37)30(38)31(40-27)39-22-23-20-34(33-32-23)18-10-11-19-41(24-12-4-1-5-13-24,25-14-6-2-7-15-25)26-16-8-3-9-17-26/h1-9,12-17,20,27-31,35-38H,10-11,18-19,21-22H2/q+1/t27-,28-,29+,30+,31+/m1/s1. The maximum atomic E-state index is 10.2. The van der Waals surface area contributed by atoms with Crippen molar-refractivity contribution in [2.24, 2.45) is 0 Å². The number of rotatable bonds is 12. The van der Waals surface area contributed by atoms with Crippen LogP contribution < -0.4 is 15.9 Å². The zero-order valence-electron chi connectivity index (χ0n) is 22.8. The average Bonchev–Trinajstić information content (AvgIpc) is 3.49. The molecule has 1 aliphatic heterocycles. The van der Waals surface area contributed by atoms with Gasteiger partial charge in [0.15, 0.2) is 6.29 Å². The Hall–Kier alpha value is -3.01. The van der Waals surface area contributed by atoms with E-state index in [1.165, 1.54) is 15.9 Å². The topological polar surface area (TPSA) is 130 Å². The van der Waals surface area contributed by atoms with E-state index in [0.29, 0.717) is 12.2 Å². The summed E-state index contributed by atoms with van der Waals surface area (Å²) < 4.78 is 12.8. The van der Waals surface area contributed by atoms with Crippen LogP contribution in [-0.2, 0) is 22.6 Å². The molecule has 0 aliphatic carbocycles. The number of aliphatic hydroxyl groups is 4. The second-order valence-corrected chi connectivity index (χ2v) is 13.8. The van der Waals surface area contributed by atoms with Gasteiger partial charge in [-0.25, -0.2) is 0 Å². The van der Waals surface area contributed by atoms with Gasteiger partial charge in [0.2, 0.25) is 0 Å². The van der Waals surface area contributed by atoms with Crippen LogP contribution in [-0.4, -0.2) is 78.9 Å². The van der Waals surface area contributed by atoms with Crippen LogP contribution in [0.1, 0.15) is 18.5 Å². The Balaban J connectivity index is 1.24. The van der Waals surface area contributed by atoms with E-state index in [0.717, 1.165) is 19.0 Å². The molecule has 4 aromatic rings. The van der Waals surface area contributed by atoms with Crippen LogP contribution in [0.15, 0.2) is 97.2 Å². The van der Waals surface area contributed by atoms with Gasteiger partial charge in [-0.2, -0.15) is 0 Å². The maximum Gasteiger partial charge on any atom is 0.187 e. The van der Waals surface area contributed by atoms with E-state index in [2.05, 4.69) is 101 Å². The molecule has 5 atom stereocenters. The molecule has 5 rings (SSSR count). The summed E-state index contributed by atoms with van der Waals surface area (Å²) in [7, 11) is -1.88. The van der Waals surface area contributed by atoms with Crippen molar-refractivity contribution in [1.82, 2.24) is 15.0 Å². The molecule has 216 valence electrons. The Kier molecular flexibility index (Phi) is 9.90. The highest BCUT2D eigenvalue weighted by Crippen LogP contribution is 2.55. The largest absolute Gasteiger partial charge is 0.394 e. The highest BCUT2D eigenvalue weighted by molar-refractivity contribution is 7.95. The first-order valence-corrected chi connectivity index (χ1v) is 15.9. The van der Waals surface area contributed by atoms with Crippen LogP contribution in [0.5, 0.6) is 0 Å². The number of hydrogen-bond donors (Lipinski definition) is 4. The Morgan fingerprint density at radius 3 is 1.85 bits per heavy atom. The van der Waals surface area contributed by atoms with E-state index in [9.17, 15) is 20.4 Å². The Morgan fingerprint density at radius 1 is 0.756 bits per heavy atom. The van der Waals surface area contributed by atoms with Gasteiger partial charge in [-0.05, 0) is 49.2 Å². The first kappa shape index (κ1) is 29.5. The first-order chi connectivity index (χ1) is 20.0. The number of aryl methyl sites for hydroxylation is 1. The van der Waals surface area contributed by atoms with Gasteiger partial charge in [-0.1, -0.05) is 59.8 Å². The highest BCUT2D eigenvalue weighted by Gasteiger charge is 2.45. The lowest BCUT2D eigenvalue weighted by Crippen LogP contribution is -2.59. The van der Waals surface area contributed by atoms with Crippen LogP contribution >= 0.6 is 7.26 Å². The fraction of sp³-hybridized carbons (Fsp3) is 0.355. The fourth-order valence-electron chi connectivity index (χ4n) is 5.39. The monoisotopic (exact) mass is 578 g/mol. The molecule has 10 heteroatoms. The van der Waals surface area contributed by atoms with Crippen molar-refractivity contribution in [1.29, 1.82) is 0 Å². The third-order valence-corrected chi connectivity index (χ3v) is 12.1. The smallest absolute Gasteiger partial charge is 0.187 e. The van der Waals surface area contributed by atoms with Crippen molar-refractivity contribution in [2.75, 3.05) is 12.8 Å². The minimum Gasteiger partial charge on any atom is -0.394 e. The normalized spacial score (nSPS) is 23.0. The Bertz CT molecular complexity index is 1250. The van der Waals surface area contributed by atoms with Crippen LogP contribution in [0.25, 0.3) is 0 Å². The van der Waals surface area contributed by atoms with Crippen LogP contribution in [0, 0.1) is 0 Å². The molecule has 0 spiro atoms. The number of aromatic nitrogens is 3. The summed E-state index contributed by atoms with van der Waals surface area (Å²) in [5, 5.41) is 51.9. The van der Waals surface area contributed by atoms with Crippen molar-refractivity contribution in [3.63, 3.8) is 0 Å². The molecule has 41 heavy (non-hydrogen) atoms. The summed E-state index contributed by atoms with van der Waals surface area (Å²) in [6, 6.07) is 32.5. The van der Waals surface area contributed by atoms with Gasteiger partial charge in [-0.3, -0.25) is 4.68 Å². The van der Waals surface area contributed by atoms with Gasteiger partial charge >= 0.3 is 0 Å². The Morgan fingerprint density at radius 2 is 1.32 bits per heavy atom. The molecule has 4 N–H and O–H groups in total. The predicted octanol–water partition coefficient (Wildman–Crippen LogP) is 1.37. The molecule has 0 unspecified atom stereocenters. The number of nitrogens with zero attached hydrogens (tertiary/aromatic N) is 3. The fourth-order valence-corrected chi connectivity index (χ4v) is 9.80. The summed E-state index contributed by atoms with van der Waals surface area (Å²) in [4.78, 5) is 0. The molecule has 0 radical (unpaired) electrons. The van der Waals surface area contributed by atoms with E-state index >= 15 is 0 Å². The lowest BCUT2D eigenvalue weighted by molar-refractivity contribution is -0.304. The molecule has 0 amide bonds. The average molecular weight is 579 g/mol. The number of aliphatic hydroxyl groups excluding tert-OH is 4. The minimum atomic E-state index is -1.88. The molecule has 1 saturated heterocycles. The van der Waals surface area contributed by atoms with Gasteiger partial charge in [0.25, 0.3) is 0 Å².